The van der Waals surface area contributed by atoms with Crippen LogP contribution in [-0.4, -0.2) is 47.5 Å². The summed E-state index contributed by atoms with van der Waals surface area (Å²) >= 11 is 0. The van der Waals surface area contributed by atoms with Crippen LogP contribution in [-0.2, 0) is 4.74 Å². The van der Waals surface area contributed by atoms with E-state index in [9.17, 15) is 9.59 Å². The molecule has 0 fully saturated rings. The number of ether oxygens (including phenoxy) is 3. The van der Waals surface area contributed by atoms with E-state index < -0.39 is 11.7 Å². The number of benzene rings is 2. The monoisotopic (exact) mass is 500 g/mol. The number of nitrogens with one attached hydrogen (secondary N) is 1. The number of methoxy groups -OCH3 is 1. The maximum Gasteiger partial charge on any atom is 0.419 e. The number of nitrogens with zero attached hydrogens (tertiary/aromatic N) is 3. The van der Waals surface area contributed by atoms with Gasteiger partial charge in [-0.1, -0.05) is 18.2 Å². The molecule has 0 atom stereocenters. The molecule has 2 amide bonds. The fourth-order valence-electron chi connectivity index (χ4n) is 4.17. The molecule has 3 heterocycles. The van der Waals surface area contributed by atoms with E-state index in [4.69, 9.17) is 14.2 Å². The van der Waals surface area contributed by atoms with Crippen LogP contribution in [0, 0.1) is 0 Å². The number of hydrogen-bond donors (Lipinski definition) is 1. The molecule has 2 aromatic carbocycles. The van der Waals surface area contributed by atoms with Crippen LogP contribution < -0.4 is 19.7 Å². The maximum atomic E-state index is 13.3. The van der Waals surface area contributed by atoms with Gasteiger partial charge < -0.3 is 19.5 Å². The molecule has 9 heteroatoms. The number of anilines is 2. The van der Waals surface area contributed by atoms with Crippen LogP contribution in [0.4, 0.5) is 21.1 Å². The zero-order valence-electron chi connectivity index (χ0n) is 21.1. The van der Waals surface area contributed by atoms with Crippen molar-refractivity contribution in [3.8, 4) is 22.8 Å². The van der Waals surface area contributed by atoms with Gasteiger partial charge in [-0.15, -0.1) is 0 Å². The van der Waals surface area contributed by atoms with Gasteiger partial charge in [-0.2, -0.15) is 0 Å². The molecule has 0 radical (unpaired) electrons. The molecular formula is C28H28N4O5. The molecule has 0 aliphatic carbocycles. The van der Waals surface area contributed by atoms with Crippen molar-refractivity contribution < 1.29 is 23.8 Å². The number of urea groups is 1. The first kappa shape index (κ1) is 24.2. The van der Waals surface area contributed by atoms with Crippen LogP contribution >= 0.6 is 0 Å². The number of carbonyl (C=O) groups is 2. The quantitative estimate of drug-likeness (QED) is 0.375. The molecule has 1 aliphatic rings. The van der Waals surface area contributed by atoms with Crippen molar-refractivity contribution in [2.75, 3.05) is 30.5 Å². The summed E-state index contributed by atoms with van der Waals surface area (Å²) < 4.78 is 18.5. The van der Waals surface area contributed by atoms with Gasteiger partial charge in [0.2, 0.25) is 0 Å². The Morgan fingerprint density at radius 1 is 1.05 bits per heavy atom. The van der Waals surface area contributed by atoms with Crippen molar-refractivity contribution in [1.82, 2.24) is 9.55 Å². The number of fused-ring (bicyclic) bond motifs is 2. The Kier molecular flexibility index (Phi) is 6.20. The van der Waals surface area contributed by atoms with Gasteiger partial charge in [0, 0.05) is 28.9 Å². The molecule has 190 valence electrons. The lowest BCUT2D eigenvalue weighted by Crippen LogP contribution is -2.41. The third-order valence-electron chi connectivity index (χ3n) is 5.81. The van der Waals surface area contributed by atoms with E-state index in [2.05, 4.69) is 10.3 Å². The maximum absolute atomic E-state index is 13.3. The van der Waals surface area contributed by atoms with E-state index >= 15 is 0 Å². The van der Waals surface area contributed by atoms with Crippen molar-refractivity contribution >= 4 is 34.5 Å². The average molecular weight is 501 g/mol. The van der Waals surface area contributed by atoms with E-state index in [1.807, 2.05) is 69.3 Å². The zero-order chi connectivity index (χ0) is 26.2. The molecule has 2 aromatic heterocycles. The van der Waals surface area contributed by atoms with Crippen molar-refractivity contribution in [1.29, 1.82) is 0 Å². The largest absolute Gasteiger partial charge is 0.497 e. The van der Waals surface area contributed by atoms with E-state index in [0.29, 0.717) is 52.9 Å². The molecule has 0 saturated carbocycles. The summed E-state index contributed by atoms with van der Waals surface area (Å²) in [6, 6.07) is 18.1. The summed E-state index contributed by atoms with van der Waals surface area (Å²) in [7, 11) is 1.58. The van der Waals surface area contributed by atoms with Crippen molar-refractivity contribution in [3.63, 3.8) is 0 Å². The molecule has 5 rings (SSSR count). The smallest absolute Gasteiger partial charge is 0.419 e. The number of para-hydroxylation sites is 1. The Labute approximate surface area is 214 Å². The van der Waals surface area contributed by atoms with Crippen molar-refractivity contribution in [3.05, 3.63) is 66.9 Å². The average Bonchev–Trinajstić information content (AvgIpc) is 3.26. The Bertz CT molecular complexity index is 1470. The van der Waals surface area contributed by atoms with Crippen molar-refractivity contribution in [2.24, 2.45) is 0 Å². The lowest BCUT2D eigenvalue weighted by molar-refractivity contribution is 0.0547. The lowest BCUT2D eigenvalue weighted by atomic mass is 10.1. The van der Waals surface area contributed by atoms with Gasteiger partial charge >= 0.3 is 12.1 Å². The standard InChI is InChI=1S/C28H28N4O5/c1-28(2,3)37-27(34)32-22(14-18-10-11-21(35-4)16-23(18)32)19-15-24-25(29-17-19)31(12-13-36-24)26(33)30-20-8-6-5-7-9-20/h5-11,14-17H,12-13H2,1-4H3,(H,30,33). The third-order valence-corrected chi connectivity index (χ3v) is 5.81. The second-order valence-electron chi connectivity index (χ2n) is 9.61. The predicted molar refractivity (Wildman–Crippen MR) is 142 cm³/mol. The van der Waals surface area contributed by atoms with Crippen LogP contribution in [0.3, 0.4) is 0 Å². The molecule has 1 aliphatic heterocycles. The van der Waals surface area contributed by atoms with Crippen LogP contribution in [0.25, 0.3) is 22.2 Å². The first-order valence-corrected chi connectivity index (χ1v) is 11.9. The molecule has 0 unspecified atom stereocenters. The first-order chi connectivity index (χ1) is 17.7. The van der Waals surface area contributed by atoms with E-state index in [1.165, 1.54) is 4.57 Å². The summed E-state index contributed by atoms with van der Waals surface area (Å²) in [5.41, 5.74) is 1.88. The van der Waals surface area contributed by atoms with E-state index in [1.54, 1.807) is 30.3 Å². The molecule has 1 N–H and O–H groups in total. The highest BCUT2D eigenvalue weighted by molar-refractivity contribution is 6.02. The van der Waals surface area contributed by atoms with Crippen LogP contribution in [0.1, 0.15) is 20.8 Å². The van der Waals surface area contributed by atoms with Crippen LogP contribution in [0.15, 0.2) is 66.9 Å². The van der Waals surface area contributed by atoms with Gasteiger partial charge in [0.05, 0.1) is 24.9 Å². The van der Waals surface area contributed by atoms with Gasteiger partial charge in [0.25, 0.3) is 0 Å². The van der Waals surface area contributed by atoms with Gasteiger partial charge in [-0.25, -0.2) is 19.1 Å². The molecule has 0 saturated heterocycles. The molecule has 37 heavy (non-hydrogen) atoms. The van der Waals surface area contributed by atoms with Gasteiger partial charge in [0.15, 0.2) is 11.6 Å². The summed E-state index contributed by atoms with van der Waals surface area (Å²) in [6.07, 6.45) is 1.11. The molecule has 9 nitrogen and oxygen atoms in total. The normalized spacial score (nSPS) is 13.0. The number of hydrogen-bond acceptors (Lipinski definition) is 6. The number of carbonyl (C=O) groups excluding carboxylic acids is 2. The third kappa shape index (κ3) is 4.93. The minimum Gasteiger partial charge on any atom is -0.497 e. The van der Waals surface area contributed by atoms with E-state index in [0.717, 1.165) is 5.39 Å². The van der Waals surface area contributed by atoms with Crippen LogP contribution in [0.5, 0.6) is 11.5 Å². The Morgan fingerprint density at radius 3 is 2.57 bits per heavy atom. The fraction of sp³-hybridized carbons (Fsp3) is 0.250. The molecule has 0 spiro atoms. The number of aromatic nitrogens is 2. The van der Waals surface area contributed by atoms with E-state index in [-0.39, 0.29) is 6.03 Å². The SMILES string of the molecule is COc1ccc2cc(-c3cnc4c(c3)OCCN4C(=O)Nc3ccccc3)n(C(=O)OC(C)(C)C)c2c1. The highest BCUT2D eigenvalue weighted by Gasteiger charge is 2.28. The van der Waals surface area contributed by atoms with Crippen molar-refractivity contribution in [2.45, 2.75) is 26.4 Å². The van der Waals surface area contributed by atoms with Crippen LogP contribution in [0.2, 0.25) is 0 Å². The fourth-order valence-corrected chi connectivity index (χ4v) is 4.17. The Balaban J connectivity index is 1.54. The summed E-state index contributed by atoms with van der Waals surface area (Å²) in [5.74, 6) is 1.48. The topological polar surface area (TPSA) is 94.9 Å². The van der Waals surface area contributed by atoms with Gasteiger partial charge in [-0.3, -0.25) is 4.90 Å². The number of pyridine rings is 1. The number of amides is 2. The highest BCUT2D eigenvalue weighted by Crippen LogP contribution is 2.37. The Hall–Kier alpha value is -4.53. The second-order valence-corrected chi connectivity index (χ2v) is 9.61. The predicted octanol–water partition coefficient (Wildman–Crippen LogP) is 5.93. The summed E-state index contributed by atoms with van der Waals surface area (Å²) in [6.45, 7) is 6.13. The minimum absolute atomic E-state index is 0.300. The zero-order valence-corrected chi connectivity index (χ0v) is 21.1. The minimum atomic E-state index is -0.687. The summed E-state index contributed by atoms with van der Waals surface area (Å²) in [4.78, 5) is 32.4. The summed E-state index contributed by atoms with van der Waals surface area (Å²) in [5, 5.41) is 3.72. The first-order valence-electron chi connectivity index (χ1n) is 11.9. The Morgan fingerprint density at radius 2 is 1.84 bits per heavy atom. The molecule has 0 bridgehead atoms. The van der Waals surface area contributed by atoms with Gasteiger partial charge in [0.1, 0.15) is 18.0 Å². The molecular weight excluding hydrogens is 472 g/mol. The highest BCUT2D eigenvalue weighted by atomic mass is 16.6. The number of rotatable bonds is 3. The van der Waals surface area contributed by atoms with Gasteiger partial charge in [-0.05, 0) is 57.2 Å². The lowest BCUT2D eigenvalue weighted by Gasteiger charge is -2.28. The molecule has 4 aromatic rings. The second kappa shape index (κ2) is 9.50.